The maximum atomic E-state index is 11.3. The Labute approximate surface area is 101 Å². The summed E-state index contributed by atoms with van der Waals surface area (Å²) in [6.07, 6.45) is 0.516. The number of ether oxygens (including phenoxy) is 1. The Morgan fingerprint density at radius 1 is 1.44 bits per heavy atom. The van der Waals surface area contributed by atoms with Crippen LogP contribution in [0.5, 0.6) is 5.75 Å². The third-order valence-corrected chi connectivity index (χ3v) is 2.56. The van der Waals surface area contributed by atoms with Crippen molar-refractivity contribution in [2.75, 3.05) is 20.2 Å². The first-order valence-corrected chi connectivity index (χ1v) is 5.64. The van der Waals surface area contributed by atoms with Crippen molar-refractivity contribution in [1.82, 2.24) is 4.90 Å². The van der Waals surface area contributed by atoms with Crippen LogP contribution in [0.4, 0.5) is 0 Å². The molecule has 0 aromatic heterocycles. The van der Waals surface area contributed by atoms with Gasteiger partial charge in [0, 0.05) is 13.5 Å². The highest BCUT2D eigenvalue weighted by atomic mass is 35.5. The van der Waals surface area contributed by atoms with Gasteiger partial charge in [-0.15, -0.1) is 0 Å². The van der Waals surface area contributed by atoms with E-state index < -0.39 is 0 Å². The molecule has 0 radical (unpaired) electrons. The Balaban J connectivity index is 2.36. The third kappa shape index (κ3) is 3.74. The molecule has 1 rings (SSSR count). The van der Waals surface area contributed by atoms with Gasteiger partial charge in [-0.1, -0.05) is 30.7 Å². The van der Waals surface area contributed by atoms with Gasteiger partial charge < -0.3 is 9.64 Å². The largest absolute Gasteiger partial charge is 0.490 e. The van der Waals surface area contributed by atoms with Crippen molar-refractivity contribution in [3.05, 3.63) is 29.3 Å². The van der Waals surface area contributed by atoms with Gasteiger partial charge in [0.15, 0.2) is 0 Å². The van der Waals surface area contributed by atoms with E-state index in [1.165, 1.54) is 0 Å². The summed E-state index contributed by atoms with van der Waals surface area (Å²) in [7, 11) is 1.77. The molecule has 1 amide bonds. The molecule has 0 saturated heterocycles. The van der Waals surface area contributed by atoms with Gasteiger partial charge >= 0.3 is 0 Å². The predicted octanol–water partition coefficient (Wildman–Crippen LogP) is 2.59. The van der Waals surface area contributed by atoms with Crippen molar-refractivity contribution in [1.29, 1.82) is 0 Å². The lowest BCUT2D eigenvalue weighted by atomic mass is 10.3. The number of nitrogens with zero attached hydrogens (tertiary/aromatic N) is 1. The number of halogens is 1. The number of para-hydroxylation sites is 1. The minimum Gasteiger partial charge on any atom is -0.490 e. The van der Waals surface area contributed by atoms with Crippen LogP contribution in [0, 0.1) is 0 Å². The monoisotopic (exact) mass is 241 g/mol. The summed E-state index contributed by atoms with van der Waals surface area (Å²) in [5.41, 5.74) is 0. The van der Waals surface area contributed by atoms with E-state index in [9.17, 15) is 4.79 Å². The normalized spacial score (nSPS) is 9.94. The van der Waals surface area contributed by atoms with E-state index in [-0.39, 0.29) is 5.91 Å². The van der Waals surface area contributed by atoms with E-state index in [0.717, 1.165) is 0 Å². The molecule has 88 valence electrons. The summed E-state index contributed by atoms with van der Waals surface area (Å²) < 4.78 is 5.48. The summed E-state index contributed by atoms with van der Waals surface area (Å²) in [6, 6.07) is 7.30. The lowest BCUT2D eigenvalue weighted by Gasteiger charge is -2.16. The molecule has 4 heteroatoms. The zero-order valence-electron chi connectivity index (χ0n) is 9.57. The van der Waals surface area contributed by atoms with Crippen LogP contribution in [0.25, 0.3) is 0 Å². The Hall–Kier alpha value is -1.22. The molecule has 3 nitrogen and oxygen atoms in total. The third-order valence-electron chi connectivity index (χ3n) is 2.25. The zero-order chi connectivity index (χ0) is 12.0. The molecule has 0 bridgehead atoms. The number of likely N-dealkylation sites (N-methyl/N-ethyl adjacent to an activating group) is 1. The first kappa shape index (κ1) is 12.8. The minimum atomic E-state index is 0.114. The smallest absolute Gasteiger partial charge is 0.222 e. The Bertz CT molecular complexity index is 355. The van der Waals surface area contributed by atoms with Crippen molar-refractivity contribution >= 4 is 17.5 Å². The summed E-state index contributed by atoms with van der Waals surface area (Å²) in [5, 5.41) is 0.590. The fourth-order valence-electron chi connectivity index (χ4n) is 1.25. The lowest BCUT2D eigenvalue weighted by molar-refractivity contribution is -0.129. The summed E-state index contributed by atoms with van der Waals surface area (Å²) in [6.45, 7) is 2.86. The standard InChI is InChI=1S/C12H16ClNO2/c1-3-12(15)14(2)8-9-16-11-7-5-4-6-10(11)13/h4-7H,3,8-9H2,1-2H3. The molecular weight excluding hydrogens is 226 g/mol. The van der Waals surface area contributed by atoms with Crippen LogP contribution in [0.3, 0.4) is 0 Å². The molecule has 0 aliphatic heterocycles. The maximum absolute atomic E-state index is 11.3. The van der Waals surface area contributed by atoms with Crippen molar-refractivity contribution in [3.8, 4) is 5.75 Å². The Kier molecular flexibility index (Phi) is 5.12. The van der Waals surface area contributed by atoms with Gasteiger partial charge in [0.05, 0.1) is 11.6 Å². The number of hydrogen-bond donors (Lipinski definition) is 0. The molecule has 0 spiro atoms. The number of carbonyl (C=O) groups is 1. The van der Waals surface area contributed by atoms with Gasteiger partial charge in [0.25, 0.3) is 0 Å². The molecule has 16 heavy (non-hydrogen) atoms. The van der Waals surface area contributed by atoms with E-state index >= 15 is 0 Å². The fourth-order valence-corrected chi connectivity index (χ4v) is 1.44. The van der Waals surface area contributed by atoms with E-state index in [2.05, 4.69) is 0 Å². The molecule has 0 fully saturated rings. The van der Waals surface area contributed by atoms with Crippen LogP contribution in [-0.4, -0.2) is 31.0 Å². The molecule has 0 aliphatic rings. The Morgan fingerprint density at radius 3 is 2.75 bits per heavy atom. The maximum Gasteiger partial charge on any atom is 0.222 e. The van der Waals surface area contributed by atoms with Gasteiger partial charge in [0.2, 0.25) is 5.91 Å². The van der Waals surface area contributed by atoms with Crippen LogP contribution in [0.1, 0.15) is 13.3 Å². The lowest BCUT2D eigenvalue weighted by Crippen LogP contribution is -2.30. The molecule has 0 saturated carbocycles. The van der Waals surface area contributed by atoms with Gasteiger partial charge in [-0.05, 0) is 12.1 Å². The second-order valence-corrected chi connectivity index (χ2v) is 3.85. The first-order valence-electron chi connectivity index (χ1n) is 5.26. The Morgan fingerprint density at radius 2 is 2.12 bits per heavy atom. The molecule has 0 unspecified atom stereocenters. The summed E-state index contributed by atoms with van der Waals surface area (Å²) in [5.74, 6) is 0.768. The highest BCUT2D eigenvalue weighted by Gasteiger charge is 2.06. The average molecular weight is 242 g/mol. The van der Waals surface area contributed by atoms with E-state index in [1.807, 2.05) is 25.1 Å². The molecule has 0 atom stereocenters. The SMILES string of the molecule is CCC(=O)N(C)CCOc1ccccc1Cl. The van der Waals surface area contributed by atoms with Crippen molar-refractivity contribution in [2.24, 2.45) is 0 Å². The minimum absolute atomic E-state index is 0.114. The second-order valence-electron chi connectivity index (χ2n) is 3.45. The van der Waals surface area contributed by atoms with Crippen LogP contribution >= 0.6 is 11.6 Å². The topological polar surface area (TPSA) is 29.5 Å². The number of rotatable bonds is 5. The van der Waals surface area contributed by atoms with E-state index in [0.29, 0.717) is 30.3 Å². The highest BCUT2D eigenvalue weighted by molar-refractivity contribution is 6.32. The van der Waals surface area contributed by atoms with Crippen molar-refractivity contribution in [3.63, 3.8) is 0 Å². The predicted molar refractivity (Wildman–Crippen MR) is 64.9 cm³/mol. The van der Waals surface area contributed by atoms with Gasteiger partial charge in [-0.3, -0.25) is 4.79 Å². The molecule has 1 aromatic rings. The second kappa shape index (κ2) is 6.38. The zero-order valence-corrected chi connectivity index (χ0v) is 10.3. The summed E-state index contributed by atoms with van der Waals surface area (Å²) in [4.78, 5) is 12.9. The highest BCUT2D eigenvalue weighted by Crippen LogP contribution is 2.22. The quantitative estimate of drug-likeness (QED) is 0.793. The average Bonchev–Trinajstić information content (AvgIpc) is 2.30. The van der Waals surface area contributed by atoms with Crippen molar-refractivity contribution < 1.29 is 9.53 Å². The van der Waals surface area contributed by atoms with Crippen LogP contribution < -0.4 is 4.74 Å². The molecule has 0 aliphatic carbocycles. The number of amides is 1. The van der Waals surface area contributed by atoms with E-state index in [4.69, 9.17) is 16.3 Å². The molecule has 0 N–H and O–H groups in total. The molecular formula is C12H16ClNO2. The number of benzene rings is 1. The number of hydrogen-bond acceptors (Lipinski definition) is 2. The number of carbonyl (C=O) groups excluding carboxylic acids is 1. The van der Waals surface area contributed by atoms with Gasteiger partial charge in [-0.2, -0.15) is 0 Å². The summed E-state index contributed by atoms with van der Waals surface area (Å²) >= 11 is 5.92. The first-order chi connectivity index (χ1) is 7.65. The van der Waals surface area contributed by atoms with Crippen molar-refractivity contribution in [2.45, 2.75) is 13.3 Å². The van der Waals surface area contributed by atoms with Gasteiger partial charge in [-0.25, -0.2) is 0 Å². The molecule has 0 heterocycles. The van der Waals surface area contributed by atoms with Crippen LogP contribution in [-0.2, 0) is 4.79 Å². The van der Waals surface area contributed by atoms with Crippen LogP contribution in [0.2, 0.25) is 5.02 Å². The fraction of sp³-hybridized carbons (Fsp3) is 0.417. The van der Waals surface area contributed by atoms with Crippen LogP contribution in [0.15, 0.2) is 24.3 Å². The molecule has 1 aromatic carbocycles. The van der Waals surface area contributed by atoms with E-state index in [1.54, 1.807) is 18.0 Å². The van der Waals surface area contributed by atoms with Gasteiger partial charge in [0.1, 0.15) is 12.4 Å².